The van der Waals surface area contributed by atoms with E-state index in [9.17, 15) is 0 Å². The van der Waals surface area contributed by atoms with Crippen LogP contribution in [0.3, 0.4) is 0 Å². The topological polar surface area (TPSA) is 14.1 Å². The first-order chi connectivity index (χ1) is 4.41. The Balaban J connectivity index is 0. The molecule has 0 aliphatic carbocycles. The predicted octanol–water partition coefficient (Wildman–Crippen LogP) is -0.276. The SMILES string of the molecule is CC1(C)CCCC(C)(C)[N-]1.[Br-].[Mg+2]. The monoisotopic (exact) mass is 243 g/mol. The van der Waals surface area contributed by atoms with Gasteiger partial charge in [-0.3, -0.25) is 0 Å². The maximum atomic E-state index is 4.75. The van der Waals surface area contributed by atoms with Gasteiger partial charge < -0.3 is 22.3 Å². The summed E-state index contributed by atoms with van der Waals surface area (Å²) in [5, 5.41) is 4.75. The first kappa shape index (κ1) is 15.7. The molecule has 0 radical (unpaired) electrons. The zero-order valence-corrected chi connectivity index (χ0v) is 11.7. The van der Waals surface area contributed by atoms with Crippen LogP contribution < -0.4 is 17.0 Å². The van der Waals surface area contributed by atoms with Gasteiger partial charge >= 0.3 is 23.1 Å². The van der Waals surface area contributed by atoms with Crippen molar-refractivity contribution in [3.8, 4) is 0 Å². The van der Waals surface area contributed by atoms with Gasteiger partial charge in [-0.2, -0.15) is 0 Å². The zero-order chi connectivity index (χ0) is 7.83. The Labute approximate surface area is 103 Å². The molecule has 1 aliphatic heterocycles. The first-order valence-corrected chi connectivity index (χ1v) is 4.15. The molecule has 0 aromatic heterocycles. The molecule has 0 spiro atoms. The molecule has 3 heteroatoms. The second kappa shape index (κ2) is 5.18. The van der Waals surface area contributed by atoms with Gasteiger partial charge in [0, 0.05) is 0 Å². The smallest absolute Gasteiger partial charge is 1.00 e. The number of piperidine rings is 1. The molecule has 0 aromatic carbocycles. The average Bonchev–Trinajstić information content (AvgIpc) is 1.56. The summed E-state index contributed by atoms with van der Waals surface area (Å²) in [5.41, 5.74) is 0.476. The second-order valence-electron chi connectivity index (χ2n) is 4.59. The van der Waals surface area contributed by atoms with E-state index in [1.807, 2.05) is 0 Å². The van der Waals surface area contributed by atoms with Gasteiger partial charge in [-0.15, -0.1) is 11.1 Å². The molecule has 68 valence electrons. The Morgan fingerprint density at radius 3 is 1.42 bits per heavy atom. The molecule has 1 heterocycles. The number of hydrogen-bond acceptors (Lipinski definition) is 0. The molecule has 0 amide bonds. The fraction of sp³-hybridized carbons (Fsp3) is 1.00. The third-order valence-corrected chi connectivity index (χ3v) is 2.18. The van der Waals surface area contributed by atoms with Crippen LogP contribution >= 0.6 is 0 Å². The van der Waals surface area contributed by atoms with Crippen molar-refractivity contribution in [1.82, 2.24) is 0 Å². The Kier molecular flexibility index (Phi) is 6.76. The van der Waals surface area contributed by atoms with Crippen molar-refractivity contribution >= 4 is 23.1 Å². The second-order valence-corrected chi connectivity index (χ2v) is 4.59. The van der Waals surface area contributed by atoms with Gasteiger partial charge in [0.2, 0.25) is 0 Å². The van der Waals surface area contributed by atoms with Gasteiger partial charge in [0.15, 0.2) is 0 Å². The van der Waals surface area contributed by atoms with Crippen LogP contribution in [-0.2, 0) is 0 Å². The summed E-state index contributed by atoms with van der Waals surface area (Å²) < 4.78 is 0. The Morgan fingerprint density at radius 1 is 0.917 bits per heavy atom. The predicted molar refractivity (Wildman–Crippen MR) is 51.1 cm³/mol. The van der Waals surface area contributed by atoms with Crippen molar-refractivity contribution in [2.75, 3.05) is 0 Å². The van der Waals surface area contributed by atoms with Crippen molar-refractivity contribution in [3.63, 3.8) is 0 Å². The Bertz CT molecular complexity index is 120. The minimum absolute atomic E-state index is 0. The standard InChI is InChI=1S/C9H18N.BrH.Mg/c1-8(2)6-5-7-9(3,4)10-8;;/h5-7H2,1-4H3;1H;/q-1;;+2/p-1. The van der Waals surface area contributed by atoms with Gasteiger partial charge in [0.05, 0.1) is 0 Å². The van der Waals surface area contributed by atoms with Gasteiger partial charge in [-0.1, -0.05) is 47.0 Å². The summed E-state index contributed by atoms with van der Waals surface area (Å²) in [7, 11) is 0. The third kappa shape index (κ3) is 5.05. The fourth-order valence-electron chi connectivity index (χ4n) is 1.88. The number of nitrogens with zero attached hydrogens (tertiary/aromatic N) is 1. The van der Waals surface area contributed by atoms with E-state index in [0.29, 0.717) is 0 Å². The van der Waals surface area contributed by atoms with E-state index in [-0.39, 0.29) is 51.1 Å². The van der Waals surface area contributed by atoms with Crippen LogP contribution in [-0.4, -0.2) is 34.1 Å². The van der Waals surface area contributed by atoms with Gasteiger partial charge in [0.25, 0.3) is 0 Å². The molecule has 0 saturated carbocycles. The van der Waals surface area contributed by atoms with E-state index in [0.717, 1.165) is 0 Å². The van der Waals surface area contributed by atoms with Gasteiger partial charge in [-0.05, 0) is 0 Å². The first-order valence-electron chi connectivity index (χ1n) is 4.15. The van der Waals surface area contributed by atoms with Crippen molar-refractivity contribution in [1.29, 1.82) is 0 Å². The van der Waals surface area contributed by atoms with E-state index in [1.165, 1.54) is 19.3 Å². The molecule has 0 N–H and O–H groups in total. The molecule has 1 fully saturated rings. The van der Waals surface area contributed by atoms with Crippen LogP contribution in [0.2, 0.25) is 0 Å². The fourth-order valence-corrected chi connectivity index (χ4v) is 1.88. The van der Waals surface area contributed by atoms with E-state index < -0.39 is 0 Å². The number of hydrogen-bond donors (Lipinski definition) is 0. The molecule has 0 unspecified atom stereocenters. The zero-order valence-electron chi connectivity index (χ0n) is 8.65. The van der Waals surface area contributed by atoms with Crippen molar-refractivity contribution < 1.29 is 17.0 Å². The molecule has 0 aromatic rings. The minimum atomic E-state index is 0. The van der Waals surface area contributed by atoms with E-state index in [2.05, 4.69) is 27.7 Å². The van der Waals surface area contributed by atoms with Crippen LogP contribution in [0.15, 0.2) is 0 Å². The Morgan fingerprint density at radius 2 is 1.25 bits per heavy atom. The summed E-state index contributed by atoms with van der Waals surface area (Å²) in [5.74, 6) is 0. The van der Waals surface area contributed by atoms with Crippen LogP contribution in [0.25, 0.3) is 5.32 Å². The normalized spacial score (nSPS) is 25.0. The van der Waals surface area contributed by atoms with Gasteiger partial charge in [0.1, 0.15) is 0 Å². The van der Waals surface area contributed by atoms with Gasteiger partial charge in [-0.25, -0.2) is 0 Å². The van der Waals surface area contributed by atoms with Crippen LogP contribution in [0.5, 0.6) is 0 Å². The minimum Gasteiger partial charge on any atom is -1.00 e. The Hall–Kier alpha value is 1.21. The van der Waals surface area contributed by atoms with Crippen molar-refractivity contribution in [2.24, 2.45) is 0 Å². The summed E-state index contributed by atoms with van der Waals surface area (Å²) >= 11 is 0. The molecule has 0 bridgehead atoms. The van der Waals surface area contributed by atoms with Crippen molar-refractivity contribution in [3.05, 3.63) is 5.32 Å². The van der Waals surface area contributed by atoms with E-state index >= 15 is 0 Å². The summed E-state index contributed by atoms with van der Waals surface area (Å²) in [4.78, 5) is 0. The molecule has 0 atom stereocenters. The molecule has 12 heavy (non-hydrogen) atoms. The maximum absolute atomic E-state index is 4.75. The third-order valence-electron chi connectivity index (χ3n) is 2.18. The molecule has 1 nitrogen and oxygen atoms in total. The summed E-state index contributed by atoms with van der Waals surface area (Å²) in [6.45, 7) is 8.92. The maximum Gasteiger partial charge on any atom is 2.00 e. The summed E-state index contributed by atoms with van der Waals surface area (Å²) in [6.07, 6.45) is 3.86. The number of rotatable bonds is 0. The number of halogens is 1. The summed E-state index contributed by atoms with van der Waals surface area (Å²) in [6, 6.07) is 0. The largest absolute Gasteiger partial charge is 2.00 e. The average molecular weight is 244 g/mol. The molecular weight excluding hydrogens is 226 g/mol. The van der Waals surface area contributed by atoms with E-state index in [4.69, 9.17) is 5.32 Å². The molecule has 1 rings (SSSR count). The molecular formula is C9H18BrMgN. The van der Waals surface area contributed by atoms with Crippen LogP contribution in [0.4, 0.5) is 0 Å². The van der Waals surface area contributed by atoms with Crippen LogP contribution in [0, 0.1) is 0 Å². The quantitative estimate of drug-likeness (QED) is 0.521. The molecule has 1 saturated heterocycles. The molecule has 1 aliphatic rings. The van der Waals surface area contributed by atoms with E-state index in [1.54, 1.807) is 0 Å². The van der Waals surface area contributed by atoms with Crippen molar-refractivity contribution in [2.45, 2.75) is 58.0 Å². The van der Waals surface area contributed by atoms with Crippen LogP contribution in [0.1, 0.15) is 47.0 Å².